The van der Waals surface area contributed by atoms with Gasteiger partial charge in [0.2, 0.25) is 5.91 Å². The average molecular weight is 327 g/mol. The van der Waals surface area contributed by atoms with Gasteiger partial charge in [-0.15, -0.1) is 0 Å². The molecule has 0 aliphatic carbocycles. The van der Waals surface area contributed by atoms with E-state index in [1.54, 1.807) is 7.11 Å². The number of carbonyl (C=O) groups excluding carboxylic acids is 1. The van der Waals surface area contributed by atoms with Gasteiger partial charge in [-0.3, -0.25) is 9.69 Å². The first-order valence-electron chi connectivity index (χ1n) is 8.46. The molecule has 0 saturated carbocycles. The Labute approximate surface area is 143 Å². The summed E-state index contributed by atoms with van der Waals surface area (Å²) < 4.78 is 7.61. The van der Waals surface area contributed by atoms with Gasteiger partial charge in [-0.1, -0.05) is 18.2 Å². The molecular weight excluding hydrogens is 302 g/mol. The normalized spacial score (nSPS) is 17.3. The van der Waals surface area contributed by atoms with Crippen molar-refractivity contribution in [2.75, 3.05) is 26.7 Å². The smallest absolute Gasteiger partial charge is 0.234 e. The van der Waals surface area contributed by atoms with Gasteiger partial charge in [0.1, 0.15) is 5.75 Å². The van der Waals surface area contributed by atoms with E-state index in [0.717, 1.165) is 30.8 Å². The van der Waals surface area contributed by atoms with E-state index >= 15 is 0 Å². The Morgan fingerprint density at radius 1 is 1.25 bits per heavy atom. The van der Waals surface area contributed by atoms with Crippen molar-refractivity contribution in [2.24, 2.45) is 0 Å². The number of rotatable bonds is 6. The highest BCUT2D eigenvalue weighted by molar-refractivity contribution is 5.78. The van der Waals surface area contributed by atoms with Crippen molar-refractivity contribution in [3.63, 3.8) is 0 Å². The van der Waals surface area contributed by atoms with Crippen LogP contribution in [-0.4, -0.2) is 42.1 Å². The molecule has 2 heterocycles. The van der Waals surface area contributed by atoms with Gasteiger partial charge in [0.25, 0.3) is 0 Å². The molecule has 1 aliphatic heterocycles. The molecule has 1 aromatic carbocycles. The van der Waals surface area contributed by atoms with Gasteiger partial charge in [0, 0.05) is 37.6 Å². The Kier molecular flexibility index (Phi) is 5.20. The van der Waals surface area contributed by atoms with E-state index < -0.39 is 0 Å². The second kappa shape index (κ2) is 7.53. The minimum absolute atomic E-state index is 0.0803. The molecule has 3 rings (SSSR count). The third-order valence-electron chi connectivity index (χ3n) is 4.72. The number of methoxy groups -OCH3 is 1. The van der Waals surface area contributed by atoms with Crippen molar-refractivity contribution in [3.8, 4) is 5.75 Å². The number of hydrogen-bond donors (Lipinski definition) is 1. The van der Waals surface area contributed by atoms with Crippen molar-refractivity contribution in [1.29, 1.82) is 0 Å². The first-order chi connectivity index (χ1) is 11.7. The van der Waals surface area contributed by atoms with Crippen LogP contribution in [0.4, 0.5) is 0 Å². The number of amides is 1. The summed E-state index contributed by atoms with van der Waals surface area (Å²) in [5.41, 5.74) is 2.40. The molecule has 1 aliphatic rings. The predicted molar refractivity (Wildman–Crippen MR) is 94.1 cm³/mol. The summed E-state index contributed by atoms with van der Waals surface area (Å²) >= 11 is 0. The second-order valence-electron chi connectivity index (χ2n) is 6.18. The lowest BCUT2D eigenvalue weighted by atomic mass is 10.1. The Bertz CT molecular complexity index is 695. The van der Waals surface area contributed by atoms with Crippen LogP contribution in [0.2, 0.25) is 0 Å². The number of carbonyl (C=O) groups is 1. The van der Waals surface area contributed by atoms with Gasteiger partial charge in [-0.05, 0) is 37.1 Å². The van der Waals surface area contributed by atoms with E-state index in [1.165, 1.54) is 5.69 Å². The molecule has 1 unspecified atom stereocenters. The van der Waals surface area contributed by atoms with Gasteiger partial charge in [0.15, 0.2) is 0 Å². The van der Waals surface area contributed by atoms with Crippen LogP contribution in [0.1, 0.15) is 24.2 Å². The van der Waals surface area contributed by atoms with Crippen molar-refractivity contribution in [1.82, 2.24) is 14.8 Å². The molecule has 1 aromatic heterocycles. The van der Waals surface area contributed by atoms with Crippen LogP contribution < -0.4 is 10.1 Å². The van der Waals surface area contributed by atoms with Crippen LogP contribution in [0.3, 0.4) is 0 Å². The standard InChI is InChI=1S/C19H25N3O2/c1-15-17-7-5-11-21(17)12-13-22(15)14-19(23)20-10-9-16-6-3-4-8-18(16)24-2/h3-8,11,15H,9-10,12-14H2,1-2H3,(H,20,23). The van der Waals surface area contributed by atoms with E-state index in [0.29, 0.717) is 13.1 Å². The molecule has 0 spiro atoms. The fourth-order valence-electron chi connectivity index (χ4n) is 3.33. The Morgan fingerprint density at radius 3 is 2.92 bits per heavy atom. The van der Waals surface area contributed by atoms with Crippen molar-refractivity contribution in [3.05, 3.63) is 53.9 Å². The molecule has 1 amide bonds. The zero-order valence-electron chi connectivity index (χ0n) is 14.4. The quantitative estimate of drug-likeness (QED) is 0.885. The Balaban J connectivity index is 1.48. The fraction of sp³-hybridized carbons (Fsp3) is 0.421. The SMILES string of the molecule is COc1ccccc1CCNC(=O)CN1CCn2cccc2C1C. The Hall–Kier alpha value is -2.27. The molecule has 1 atom stereocenters. The number of ether oxygens (including phenoxy) is 1. The average Bonchev–Trinajstić information content (AvgIpc) is 3.07. The van der Waals surface area contributed by atoms with E-state index in [4.69, 9.17) is 4.74 Å². The number of aromatic nitrogens is 1. The number of hydrogen-bond acceptors (Lipinski definition) is 3. The summed E-state index contributed by atoms with van der Waals surface area (Å²) in [4.78, 5) is 14.5. The van der Waals surface area contributed by atoms with Crippen LogP contribution in [0.15, 0.2) is 42.6 Å². The fourth-order valence-corrected chi connectivity index (χ4v) is 3.33. The maximum atomic E-state index is 12.3. The molecule has 128 valence electrons. The molecule has 0 fully saturated rings. The lowest BCUT2D eigenvalue weighted by Crippen LogP contribution is -2.43. The molecular formula is C19H25N3O2. The number of benzene rings is 1. The first kappa shape index (κ1) is 16.6. The molecule has 0 saturated heterocycles. The molecule has 5 heteroatoms. The van der Waals surface area contributed by atoms with Crippen LogP contribution in [0, 0.1) is 0 Å². The van der Waals surface area contributed by atoms with E-state index in [1.807, 2.05) is 24.3 Å². The Morgan fingerprint density at radius 2 is 2.08 bits per heavy atom. The van der Waals surface area contributed by atoms with E-state index in [2.05, 4.69) is 40.0 Å². The molecule has 0 bridgehead atoms. The topological polar surface area (TPSA) is 46.5 Å². The summed E-state index contributed by atoms with van der Waals surface area (Å²) in [5.74, 6) is 0.953. The number of para-hydroxylation sites is 1. The lowest BCUT2D eigenvalue weighted by Gasteiger charge is -2.34. The highest BCUT2D eigenvalue weighted by atomic mass is 16.5. The molecule has 2 aromatic rings. The van der Waals surface area contributed by atoms with Gasteiger partial charge in [0.05, 0.1) is 13.7 Å². The van der Waals surface area contributed by atoms with Crippen molar-refractivity contribution < 1.29 is 9.53 Å². The van der Waals surface area contributed by atoms with Crippen LogP contribution >= 0.6 is 0 Å². The largest absolute Gasteiger partial charge is 0.496 e. The molecule has 5 nitrogen and oxygen atoms in total. The zero-order valence-corrected chi connectivity index (χ0v) is 14.4. The number of fused-ring (bicyclic) bond motifs is 1. The van der Waals surface area contributed by atoms with Crippen molar-refractivity contribution in [2.45, 2.75) is 25.9 Å². The summed E-state index contributed by atoms with van der Waals surface area (Å²) in [6.45, 7) is 5.08. The summed E-state index contributed by atoms with van der Waals surface area (Å²) in [5, 5.41) is 3.03. The van der Waals surface area contributed by atoms with Gasteiger partial charge < -0.3 is 14.6 Å². The monoisotopic (exact) mass is 327 g/mol. The maximum Gasteiger partial charge on any atom is 0.234 e. The van der Waals surface area contributed by atoms with Crippen LogP contribution in [0.5, 0.6) is 5.75 Å². The predicted octanol–water partition coefficient (Wildman–Crippen LogP) is 2.23. The van der Waals surface area contributed by atoms with Gasteiger partial charge in [-0.25, -0.2) is 0 Å². The van der Waals surface area contributed by atoms with Crippen LogP contribution in [-0.2, 0) is 17.8 Å². The van der Waals surface area contributed by atoms with E-state index in [9.17, 15) is 4.79 Å². The summed E-state index contributed by atoms with van der Waals surface area (Å²) in [7, 11) is 1.67. The second-order valence-corrected chi connectivity index (χ2v) is 6.18. The van der Waals surface area contributed by atoms with Crippen molar-refractivity contribution >= 4 is 5.91 Å². The highest BCUT2D eigenvalue weighted by Gasteiger charge is 2.24. The first-order valence-corrected chi connectivity index (χ1v) is 8.46. The summed E-state index contributed by atoms with van der Waals surface area (Å²) in [6.07, 6.45) is 2.88. The summed E-state index contributed by atoms with van der Waals surface area (Å²) in [6, 6.07) is 12.4. The molecule has 1 N–H and O–H groups in total. The van der Waals surface area contributed by atoms with Gasteiger partial charge >= 0.3 is 0 Å². The molecule has 0 radical (unpaired) electrons. The number of nitrogens with zero attached hydrogens (tertiary/aromatic N) is 2. The zero-order chi connectivity index (χ0) is 16.9. The minimum atomic E-state index is 0.0803. The highest BCUT2D eigenvalue weighted by Crippen LogP contribution is 2.24. The number of nitrogens with one attached hydrogen (secondary N) is 1. The van der Waals surface area contributed by atoms with Crippen LogP contribution in [0.25, 0.3) is 0 Å². The maximum absolute atomic E-state index is 12.3. The minimum Gasteiger partial charge on any atom is -0.496 e. The third kappa shape index (κ3) is 3.62. The molecule has 24 heavy (non-hydrogen) atoms. The lowest BCUT2D eigenvalue weighted by molar-refractivity contribution is -0.123. The van der Waals surface area contributed by atoms with Gasteiger partial charge in [-0.2, -0.15) is 0 Å². The third-order valence-corrected chi connectivity index (χ3v) is 4.72. The van der Waals surface area contributed by atoms with E-state index in [-0.39, 0.29) is 11.9 Å².